The van der Waals surface area contributed by atoms with E-state index in [0.717, 1.165) is 0 Å². The van der Waals surface area contributed by atoms with Gasteiger partial charge in [0.25, 0.3) is 5.56 Å². The molecule has 0 bridgehead atoms. The maximum Gasteiger partial charge on any atom is 0.323 e. The van der Waals surface area contributed by atoms with Gasteiger partial charge in [0.05, 0.1) is 30.4 Å². The Balaban J connectivity index is 1.75. The number of nitrogens with one attached hydrogen (secondary N) is 2. The van der Waals surface area contributed by atoms with E-state index in [9.17, 15) is 14.4 Å². The Morgan fingerprint density at radius 3 is 2.43 bits per heavy atom. The summed E-state index contributed by atoms with van der Waals surface area (Å²) >= 11 is 0. The molecule has 8 heteroatoms. The molecule has 0 spiro atoms. The summed E-state index contributed by atoms with van der Waals surface area (Å²) in [6.45, 7) is 2.27. The first-order valence-electron chi connectivity index (χ1n) is 8.65. The van der Waals surface area contributed by atoms with Gasteiger partial charge in [0, 0.05) is 24.0 Å². The van der Waals surface area contributed by atoms with Gasteiger partial charge in [-0.05, 0) is 49.4 Å². The lowest BCUT2D eigenvalue weighted by molar-refractivity contribution is 0.101. The second-order valence-corrected chi connectivity index (χ2v) is 6.18. The standard InChI is InChI=1S/C20H20N4O4/c1-13(25)14-3-5-15(6-4-14)22-20(27)23-16-7-8-18-17(11-16)19(26)24(12-21-18)9-10-28-2/h3-8,11-12H,9-10H2,1-2H3,(H2,22,23,27). The van der Waals surface area contributed by atoms with Crippen LogP contribution in [-0.2, 0) is 11.3 Å². The molecule has 0 fully saturated rings. The quantitative estimate of drug-likeness (QED) is 0.640. The summed E-state index contributed by atoms with van der Waals surface area (Å²) in [5.41, 5.74) is 1.92. The van der Waals surface area contributed by atoms with Crippen molar-refractivity contribution in [2.45, 2.75) is 13.5 Å². The summed E-state index contributed by atoms with van der Waals surface area (Å²) in [6.07, 6.45) is 1.48. The molecule has 2 N–H and O–H groups in total. The average molecular weight is 380 g/mol. The van der Waals surface area contributed by atoms with E-state index < -0.39 is 6.03 Å². The summed E-state index contributed by atoms with van der Waals surface area (Å²) in [5, 5.41) is 5.78. The van der Waals surface area contributed by atoms with Crippen LogP contribution in [-0.4, -0.2) is 35.1 Å². The third-order valence-electron chi connectivity index (χ3n) is 4.17. The van der Waals surface area contributed by atoms with Crippen LogP contribution >= 0.6 is 0 Å². The van der Waals surface area contributed by atoms with Gasteiger partial charge in [-0.2, -0.15) is 0 Å². The predicted molar refractivity (Wildman–Crippen MR) is 107 cm³/mol. The van der Waals surface area contributed by atoms with E-state index in [1.165, 1.54) is 17.8 Å². The highest BCUT2D eigenvalue weighted by Gasteiger charge is 2.08. The monoisotopic (exact) mass is 380 g/mol. The number of carbonyl (C=O) groups is 2. The smallest absolute Gasteiger partial charge is 0.323 e. The number of hydrogen-bond donors (Lipinski definition) is 2. The summed E-state index contributed by atoms with van der Waals surface area (Å²) in [4.78, 5) is 40.3. The van der Waals surface area contributed by atoms with Crippen molar-refractivity contribution in [2.75, 3.05) is 24.4 Å². The molecule has 0 radical (unpaired) electrons. The van der Waals surface area contributed by atoms with Crippen LogP contribution in [0.2, 0.25) is 0 Å². The SMILES string of the molecule is COCCn1cnc2ccc(NC(=O)Nc3ccc(C(C)=O)cc3)cc2c1=O. The zero-order chi connectivity index (χ0) is 20.1. The third kappa shape index (κ3) is 4.41. The van der Waals surface area contributed by atoms with Crippen LogP contribution in [0.4, 0.5) is 16.2 Å². The van der Waals surface area contributed by atoms with E-state index in [-0.39, 0.29) is 11.3 Å². The van der Waals surface area contributed by atoms with Crippen molar-refractivity contribution in [1.82, 2.24) is 9.55 Å². The van der Waals surface area contributed by atoms with E-state index in [1.54, 1.807) is 49.6 Å². The van der Waals surface area contributed by atoms with E-state index >= 15 is 0 Å². The molecule has 2 aromatic carbocycles. The van der Waals surface area contributed by atoms with Crippen LogP contribution in [0.5, 0.6) is 0 Å². The average Bonchev–Trinajstić information content (AvgIpc) is 2.68. The molecule has 1 heterocycles. The van der Waals surface area contributed by atoms with Crippen LogP contribution < -0.4 is 16.2 Å². The highest BCUT2D eigenvalue weighted by molar-refractivity contribution is 6.01. The minimum absolute atomic E-state index is 0.0445. The van der Waals surface area contributed by atoms with Crippen LogP contribution in [0.3, 0.4) is 0 Å². The van der Waals surface area contributed by atoms with Gasteiger partial charge in [0.1, 0.15) is 0 Å². The molecule has 0 aliphatic heterocycles. The van der Waals surface area contributed by atoms with Gasteiger partial charge < -0.3 is 15.4 Å². The molecule has 0 saturated carbocycles. The van der Waals surface area contributed by atoms with Crippen molar-refractivity contribution in [2.24, 2.45) is 0 Å². The van der Waals surface area contributed by atoms with Gasteiger partial charge in [-0.1, -0.05) is 0 Å². The van der Waals surface area contributed by atoms with Crippen LogP contribution in [0.25, 0.3) is 10.9 Å². The van der Waals surface area contributed by atoms with Gasteiger partial charge in [0.2, 0.25) is 0 Å². The van der Waals surface area contributed by atoms with Gasteiger partial charge in [-0.3, -0.25) is 14.2 Å². The Hall–Kier alpha value is -3.52. The molecule has 0 saturated heterocycles. The molecule has 0 aliphatic carbocycles. The third-order valence-corrected chi connectivity index (χ3v) is 4.17. The zero-order valence-corrected chi connectivity index (χ0v) is 15.6. The van der Waals surface area contributed by atoms with Crippen LogP contribution in [0.1, 0.15) is 17.3 Å². The number of nitrogens with zero attached hydrogens (tertiary/aromatic N) is 2. The molecule has 144 valence electrons. The van der Waals surface area contributed by atoms with Crippen molar-refractivity contribution in [3.8, 4) is 0 Å². The van der Waals surface area contributed by atoms with Gasteiger partial charge >= 0.3 is 6.03 Å². The number of carbonyl (C=O) groups excluding carboxylic acids is 2. The number of hydrogen-bond acceptors (Lipinski definition) is 5. The molecule has 2 amide bonds. The molecule has 0 unspecified atom stereocenters. The number of Topliss-reactive ketones (excluding diaryl/α,β-unsaturated/α-hetero) is 1. The maximum absolute atomic E-state index is 12.6. The largest absolute Gasteiger partial charge is 0.383 e. The molecular weight excluding hydrogens is 360 g/mol. The summed E-state index contributed by atoms with van der Waals surface area (Å²) in [6, 6.07) is 11.1. The second kappa shape index (κ2) is 8.45. The Morgan fingerprint density at radius 2 is 1.75 bits per heavy atom. The number of ketones is 1. The van der Waals surface area contributed by atoms with E-state index in [2.05, 4.69) is 15.6 Å². The number of amides is 2. The fourth-order valence-corrected chi connectivity index (χ4v) is 2.67. The number of anilines is 2. The summed E-state index contributed by atoms with van der Waals surface area (Å²) in [5.74, 6) is -0.0445. The van der Waals surface area contributed by atoms with E-state index in [4.69, 9.17) is 4.74 Å². The molecule has 3 aromatic rings. The summed E-state index contributed by atoms with van der Waals surface area (Å²) in [7, 11) is 1.56. The van der Waals surface area contributed by atoms with Crippen LogP contribution in [0, 0.1) is 0 Å². The maximum atomic E-state index is 12.6. The molecule has 1 aromatic heterocycles. The van der Waals surface area contributed by atoms with Gasteiger partial charge in [-0.25, -0.2) is 9.78 Å². The molecule has 8 nitrogen and oxygen atoms in total. The Morgan fingerprint density at radius 1 is 1.07 bits per heavy atom. The number of urea groups is 1. The van der Waals surface area contributed by atoms with Crippen molar-refractivity contribution < 1.29 is 14.3 Å². The van der Waals surface area contributed by atoms with Crippen molar-refractivity contribution in [3.63, 3.8) is 0 Å². The first-order chi connectivity index (χ1) is 13.5. The topological polar surface area (TPSA) is 102 Å². The second-order valence-electron chi connectivity index (χ2n) is 6.18. The Bertz CT molecular complexity index is 1070. The fraction of sp³-hybridized carbons (Fsp3) is 0.200. The number of rotatable bonds is 6. The minimum Gasteiger partial charge on any atom is -0.383 e. The lowest BCUT2D eigenvalue weighted by atomic mass is 10.1. The molecule has 28 heavy (non-hydrogen) atoms. The molecular formula is C20H20N4O4. The number of benzene rings is 2. The predicted octanol–water partition coefficient (Wildman–Crippen LogP) is 2.89. The lowest BCUT2D eigenvalue weighted by Crippen LogP contribution is -2.23. The van der Waals surface area contributed by atoms with Gasteiger partial charge in [0.15, 0.2) is 5.78 Å². The number of aromatic nitrogens is 2. The number of fused-ring (bicyclic) bond motifs is 1. The highest BCUT2D eigenvalue weighted by Crippen LogP contribution is 2.15. The fourth-order valence-electron chi connectivity index (χ4n) is 2.67. The molecule has 0 aliphatic rings. The lowest BCUT2D eigenvalue weighted by Gasteiger charge is -2.10. The van der Waals surface area contributed by atoms with Crippen LogP contribution in [0.15, 0.2) is 53.6 Å². The van der Waals surface area contributed by atoms with E-state index in [0.29, 0.717) is 41.0 Å². The zero-order valence-electron chi connectivity index (χ0n) is 15.6. The number of ether oxygens (including phenoxy) is 1. The van der Waals surface area contributed by atoms with Crippen molar-refractivity contribution >= 4 is 34.1 Å². The first kappa shape index (κ1) is 19.2. The Labute approximate surface area is 161 Å². The van der Waals surface area contributed by atoms with Gasteiger partial charge in [-0.15, -0.1) is 0 Å². The van der Waals surface area contributed by atoms with Crippen molar-refractivity contribution in [3.05, 3.63) is 64.7 Å². The summed E-state index contributed by atoms with van der Waals surface area (Å²) < 4.78 is 6.46. The minimum atomic E-state index is -0.460. The first-order valence-corrected chi connectivity index (χ1v) is 8.65. The molecule has 0 atom stereocenters. The van der Waals surface area contributed by atoms with E-state index in [1.807, 2.05) is 0 Å². The number of methoxy groups -OCH3 is 1. The molecule has 3 rings (SSSR count). The normalized spacial score (nSPS) is 10.6. The Kier molecular flexibility index (Phi) is 5.81. The highest BCUT2D eigenvalue weighted by atomic mass is 16.5. The van der Waals surface area contributed by atoms with Crippen molar-refractivity contribution in [1.29, 1.82) is 0 Å².